The third kappa shape index (κ3) is 16.7. The number of rotatable bonds is 17. The SMILES string of the molecule is Fc1c(F)c(F)c([B-](c2c(F)c(F)c(F)c(F)c2F)(c2c(F)c(F)c(F)c(F)c2F)c2c(F)c(F)c(F)c(F)c2F)c(F)c1F.NC(c1ccccc1)C(c1ccccc1)P(c1ccccc1)c1ccccc1.[Cl-].[Ru+2].c1ccc(P(c2ccccc2)c2ccc3ccccc3c2-c2c(P(c3ccccc3)c3ccccc3)ccc3ccccc23)cc1. The van der Waals surface area contributed by atoms with Crippen LogP contribution >= 0.6 is 23.8 Å². The van der Waals surface area contributed by atoms with Crippen LogP contribution in [-0.4, -0.2) is 6.15 Å². The van der Waals surface area contributed by atoms with Gasteiger partial charge in [-0.15, -0.1) is 21.9 Å². The van der Waals surface area contributed by atoms with Crippen LogP contribution in [0.1, 0.15) is 22.8 Å². The van der Waals surface area contributed by atoms with Crippen molar-refractivity contribution >= 4 is 116 Å². The minimum atomic E-state index is -7.22. The quantitative estimate of drug-likeness (QED) is 0.0318. The summed E-state index contributed by atoms with van der Waals surface area (Å²) in [6.45, 7) is 0. The van der Waals surface area contributed by atoms with Crippen LogP contribution in [0.5, 0.6) is 0 Å². The van der Waals surface area contributed by atoms with Gasteiger partial charge in [-0.2, -0.15) is 0 Å². The van der Waals surface area contributed by atoms with Crippen LogP contribution in [0.25, 0.3) is 32.7 Å². The van der Waals surface area contributed by atoms with Crippen molar-refractivity contribution in [2.45, 2.75) is 11.7 Å². The second-order valence-corrected chi connectivity index (χ2v) is 33.7. The molecule has 0 aliphatic heterocycles. The fraction of sp³-hybridized carbons (Fsp3) is 0.0213. The standard InChI is InChI=1S/C44H32P2.C26H24NP.C24BF20.ClH.Ru/c1-5-19-35(20-6-1)45(36-21-7-2-8-22-36)41-31-29-33-17-13-15-27-39(33)43(41)44-40-28-16-14-18-34(40)30-32-42(44)46(37-23-9-3-10-24-37)38-25-11-4-12-26-38;27-25(21-13-5-1-6-14-21)26(22-15-7-2-8-16-22)28(23-17-9-3-10-18-23)24-19-11-4-12-20-24;26-5-1(6(27)14(35)21(42)13(5)34)25(2-7(28)15(36)22(43)16(37)8(2)29,3-9(30)17(38)23(44)18(39)10(3)31)4-11(32)19(40)24(45)20(41)12(4)33;;/h1-32H;1-20,25-26H,27H2;;1H;/q;;-1;;+2/p-1. The largest absolute Gasteiger partial charge is 2.00 e. The Morgan fingerprint density at radius 2 is 0.413 bits per heavy atom. The fourth-order valence-electron chi connectivity index (χ4n) is 15.1. The first-order valence-corrected chi connectivity index (χ1v) is 40.3. The fourth-order valence-corrected chi connectivity index (χ4v) is 23.0. The van der Waals surface area contributed by atoms with Crippen molar-refractivity contribution in [3.8, 4) is 11.1 Å². The van der Waals surface area contributed by atoms with Crippen molar-refractivity contribution < 1.29 is 120 Å². The van der Waals surface area contributed by atoms with Crippen molar-refractivity contribution in [1.82, 2.24) is 0 Å². The van der Waals surface area contributed by atoms with E-state index in [1.165, 1.54) is 86.2 Å². The maximum absolute atomic E-state index is 15.4. The van der Waals surface area contributed by atoms with E-state index in [0.29, 0.717) is 0 Å². The van der Waals surface area contributed by atoms with Gasteiger partial charge in [0.25, 0.3) is 0 Å². The summed E-state index contributed by atoms with van der Waals surface area (Å²) in [5, 5.41) is 16.0. The van der Waals surface area contributed by atoms with Crippen LogP contribution in [0.2, 0.25) is 0 Å². The molecule has 16 aromatic carbocycles. The Morgan fingerprint density at radius 1 is 0.215 bits per heavy atom. The molecule has 0 aliphatic rings. The molecule has 0 heterocycles. The molecule has 2 unspecified atom stereocenters. The van der Waals surface area contributed by atoms with Crippen LogP contribution in [0.4, 0.5) is 87.8 Å². The Labute approximate surface area is 702 Å². The van der Waals surface area contributed by atoms with E-state index >= 15 is 35.1 Å². The number of halogens is 21. The van der Waals surface area contributed by atoms with Crippen LogP contribution in [0, 0.1) is 116 Å². The van der Waals surface area contributed by atoms with Gasteiger partial charge in [-0.05, 0) is 110 Å². The number of nitrogens with two attached hydrogens (primary N) is 1. The minimum Gasteiger partial charge on any atom is -1.00 e. The second kappa shape index (κ2) is 38.3. The van der Waals surface area contributed by atoms with E-state index in [9.17, 15) is 52.7 Å². The third-order valence-corrected chi connectivity index (χ3v) is 28.2. The van der Waals surface area contributed by atoms with Gasteiger partial charge in [0.05, 0.1) is 0 Å². The van der Waals surface area contributed by atoms with E-state index in [1.807, 2.05) is 6.07 Å². The number of benzene rings is 16. The van der Waals surface area contributed by atoms with E-state index in [-0.39, 0.29) is 43.6 Å². The molecule has 0 aliphatic carbocycles. The molecule has 0 saturated carbocycles. The Hall–Kier alpha value is -11.1. The predicted molar refractivity (Wildman–Crippen MR) is 435 cm³/mol. The predicted octanol–water partition coefficient (Wildman–Crippen LogP) is 17.6. The molecule has 0 aromatic heterocycles. The molecule has 0 saturated heterocycles. The zero-order chi connectivity index (χ0) is 84.3. The van der Waals surface area contributed by atoms with Gasteiger partial charge in [-0.1, -0.05) is 315 Å². The molecule has 0 spiro atoms. The van der Waals surface area contributed by atoms with E-state index in [4.69, 9.17) is 5.73 Å². The smallest absolute Gasteiger partial charge is 1.00 e. The Kier molecular flexibility index (Phi) is 28.2. The summed E-state index contributed by atoms with van der Waals surface area (Å²) in [5.41, 5.74) is -2.02. The topological polar surface area (TPSA) is 26.0 Å². The first kappa shape index (κ1) is 89.1. The molecule has 0 bridgehead atoms. The second-order valence-electron chi connectivity index (χ2n) is 27.0. The third-order valence-electron chi connectivity index (χ3n) is 20.3. The summed E-state index contributed by atoms with van der Waals surface area (Å²) < 4.78 is 294. The van der Waals surface area contributed by atoms with E-state index in [2.05, 4.69) is 309 Å². The minimum absolute atomic E-state index is 0. The molecule has 121 heavy (non-hydrogen) atoms. The molecular formula is C94H56BClF20NP3Ru. The molecule has 16 aromatic rings. The molecule has 27 heteroatoms. The van der Waals surface area contributed by atoms with Crippen molar-refractivity contribution in [2.24, 2.45) is 5.73 Å². The molecule has 16 rings (SSSR count). The summed E-state index contributed by atoms with van der Waals surface area (Å²) >= 11 is 0. The van der Waals surface area contributed by atoms with Gasteiger partial charge in [-0.3, -0.25) is 0 Å². The van der Waals surface area contributed by atoms with Crippen molar-refractivity contribution in [3.05, 3.63) is 443 Å². The van der Waals surface area contributed by atoms with E-state index in [0.717, 1.165) is 0 Å². The van der Waals surface area contributed by atoms with Crippen molar-refractivity contribution in [2.75, 3.05) is 0 Å². The molecule has 1 nitrogen and oxygen atoms in total. The van der Waals surface area contributed by atoms with Crippen molar-refractivity contribution in [1.29, 1.82) is 0 Å². The van der Waals surface area contributed by atoms with Gasteiger partial charge in [0.15, 0.2) is 69.8 Å². The zero-order valence-corrected chi connectivity index (χ0v) is 67.1. The normalized spacial score (nSPS) is 11.9. The van der Waals surface area contributed by atoms with Gasteiger partial charge in [0, 0.05) is 11.7 Å². The summed E-state index contributed by atoms with van der Waals surface area (Å²) in [4.78, 5) is 0. The van der Waals surface area contributed by atoms with Gasteiger partial charge < -0.3 is 18.1 Å². The van der Waals surface area contributed by atoms with Crippen molar-refractivity contribution in [3.63, 3.8) is 0 Å². The van der Waals surface area contributed by atoms with Gasteiger partial charge in [0.1, 0.15) is 52.7 Å². The van der Waals surface area contributed by atoms with Gasteiger partial charge >= 0.3 is 19.5 Å². The average molecular weight is 1820 g/mol. The molecule has 0 amide bonds. The number of hydrogen-bond acceptors (Lipinski definition) is 1. The van der Waals surface area contributed by atoms with Gasteiger partial charge in [0.2, 0.25) is 0 Å². The van der Waals surface area contributed by atoms with Crippen LogP contribution in [0.15, 0.2) is 315 Å². The molecule has 2 N–H and O–H groups in total. The summed E-state index contributed by atoms with van der Waals surface area (Å²) in [7, 11) is -2.38. The number of hydrogen-bond donors (Lipinski definition) is 1. The van der Waals surface area contributed by atoms with Crippen LogP contribution < -0.4 is 82.4 Å². The van der Waals surface area contributed by atoms with E-state index < -0.39 is 168 Å². The summed E-state index contributed by atoms with van der Waals surface area (Å²) in [5.74, 6) is -71.4. The zero-order valence-electron chi connectivity index (χ0n) is 62.0. The average Bonchev–Trinajstić information content (AvgIpc) is 0.676. The molecular weight excluding hydrogens is 1760 g/mol. The van der Waals surface area contributed by atoms with Gasteiger partial charge in [-0.25, -0.2) is 87.8 Å². The van der Waals surface area contributed by atoms with Crippen LogP contribution in [-0.2, 0) is 19.5 Å². The molecule has 2 atom stereocenters. The first-order chi connectivity index (χ1) is 57.4. The Morgan fingerprint density at radius 3 is 0.661 bits per heavy atom. The maximum Gasteiger partial charge on any atom is 2.00 e. The van der Waals surface area contributed by atoms with E-state index in [1.54, 1.807) is 0 Å². The van der Waals surface area contributed by atoms with Crippen LogP contribution in [0.3, 0.4) is 0 Å². The monoisotopic (exact) mass is 1820 g/mol. The summed E-state index contributed by atoms with van der Waals surface area (Å²) in [6.07, 6.45) is -7.22. The molecule has 0 fully saturated rings. The Bertz CT molecular complexity index is 5750. The first-order valence-electron chi connectivity index (χ1n) is 36.2. The number of fused-ring (bicyclic) bond motifs is 2. The Balaban J connectivity index is 0.000000170. The molecule has 0 radical (unpaired) electrons. The summed E-state index contributed by atoms with van der Waals surface area (Å²) in [6, 6.07) is 115. The molecule has 610 valence electrons. The maximum atomic E-state index is 15.4.